The zero-order valence-electron chi connectivity index (χ0n) is 19.1. The molecule has 4 N–H and O–H groups in total. The number of aliphatic hydroxyl groups is 1. The van der Waals surface area contributed by atoms with Gasteiger partial charge in [-0.3, -0.25) is 9.59 Å². The number of halogens is 5. The molecule has 0 bridgehead atoms. The van der Waals surface area contributed by atoms with Gasteiger partial charge in [0.05, 0.1) is 27.9 Å². The van der Waals surface area contributed by atoms with Crippen molar-refractivity contribution in [1.82, 2.24) is 24.7 Å². The van der Waals surface area contributed by atoms with Gasteiger partial charge in [0.25, 0.3) is 11.1 Å². The Morgan fingerprint density at radius 2 is 1.78 bits per heavy atom. The molecule has 196 valence electrons. The molecule has 4 rings (SSSR count). The molecular formula is C23H21ClF4N6O3. The number of nitrogens with two attached hydrogens (primary N) is 1. The molecule has 9 nitrogen and oxygen atoms in total. The van der Waals surface area contributed by atoms with Crippen LogP contribution >= 0.6 is 11.6 Å². The second-order valence-corrected chi connectivity index (χ2v) is 8.21. The molecule has 37 heavy (non-hydrogen) atoms. The topological polar surface area (TPSA) is 140 Å². The lowest BCUT2D eigenvalue weighted by Gasteiger charge is -2.09. The first-order chi connectivity index (χ1) is 17.5. The number of benzene rings is 1. The Balaban J connectivity index is 0.000000266. The van der Waals surface area contributed by atoms with Crippen LogP contribution in [0.3, 0.4) is 0 Å². The Morgan fingerprint density at radius 1 is 1.08 bits per heavy atom. The number of hydrogen-bond donors (Lipinski definition) is 3. The Kier molecular flexibility index (Phi) is 8.95. The summed E-state index contributed by atoms with van der Waals surface area (Å²) in [6.45, 7) is 0.686. The molecule has 14 heteroatoms. The molecule has 0 aliphatic carbocycles. The number of anilines is 1. The van der Waals surface area contributed by atoms with Crippen LogP contribution in [0.1, 0.15) is 24.8 Å². The number of H-pyrrole nitrogens is 1. The highest BCUT2D eigenvalue weighted by molar-refractivity contribution is 6.30. The third-order valence-electron chi connectivity index (χ3n) is 5.15. The number of pyridine rings is 1. The molecule has 4 aromatic rings. The van der Waals surface area contributed by atoms with Crippen molar-refractivity contribution in [2.45, 2.75) is 32.0 Å². The molecule has 0 fully saturated rings. The Labute approximate surface area is 211 Å². The SMILES string of the molecule is Nc1cn[nH]c(=O)c1C(F)(F)F.O=c1c2cc(F)c(-c3ncc(Cl)cn3)cc2ccn1CCCCCO. The van der Waals surface area contributed by atoms with E-state index in [4.69, 9.17) is 22.4 Å². The predicted molar refractivity (Wildman–Crippen MR) is 129 cm³/mol. The quantitative estimate of drug-likeness (QED) is 0.250. The van der Waals surface area contributed by atoms with E-state index in [-0.39, 0.29) is 23.6 Å². The van der Waals surface area contributed by atoms with Gasteiger partial charge >= 0.3 is 6.18 Å². The first kappa shape index (κ1) is 27.7. The summed E-state index contributed by atoms with van der Waals surface area (Å²) in [4.78, 5) is 31.2. The lowest BCUT2D eigenvalue weighted by molar-refractivity contribution is -0.138. The molecular weight excluding hydrogens is 520 g/mol. The van der Waals surface area contributed by atoms with Crippen molar-refractivity contribution in [3.63, 3.8) is 0 Å². The highest BCUT2D eigenvalue weighted by atomic mass is 35.5. The van der Waals surface area contributed by atoms with Gasteiger partial charge in [-0.1, -0.05) is 11.6 Å². The molecule has 3 heterocycles. The number of rotatable bonds is 6. The molecule has 0 aliphatic heterocycles. The molecule has 0 saturated heterocycles. The van der Waals surface area contributed by atoms with Gasteiger partial charge in [0, 0.05) is 31.7 Å². The summed E-state index contributed by atoms with van der Waals surface area (Å²) >= 11 is 5.76. The first-order valence-corrected chi connectivity index (χ1v) is 11.2. The zero-order valence-corrected chi connectivity index (χ0v) is 19.9. The van der Waals surface area contributed by atoms with Gasteiger partial charge in [0.15, 0.2) is 5.82 Å². The van der Waals surface area contributed by atoms with Gasteiger partial charge in [0.2, 0.25) is 0 Å². The van der Waals surface area contributed by atoms with Crippen molar-refractivity contribution in [3.05, 3.63) is 80.1 Å². The summed E-state index contributed by atoms with van der Waals surface area (Å²) in [6.07, 6.45) is 2.84. The fraction of sp³-hybridized carbons (Fsp3) is 0.261. The Hall–Kier alpha value is -3.84. The summed E-state index contributed by atoms with van der Waals surface area (Å²) in [5.74, 6) is -0.332. The largest absolute Gasteiger partial charge is 0.423 e. The van der Waals surface area contributed by atoms with Crippen molar-refractivity contribution >= 4 is 28.1 Å². The van der Waals surface area contributed by atoms with Crippen molar-refractivity contribution in [1.29, 1.82) is 0 Å². The third-order valence-corrected chi connectivity index (χ3v) is 5.35. The van der Waals surface area contributed by atoms with E-state index in [2.05, 4.69) is 15.1 Å². The minimum atomic E-state index is -4.74. The maximum absolute atomic E-state index is 14.5. The van der Waals surface area contributed by atoms with Gasteiger partial charge in [-0.05, 0) is 42.8 Å². The van der Waals surface area contributed by atoms with Crippen molar-refractivity contribution in [3.8, 4) is 11.4 Å². The lowest BCUT2D eigenvalue weighted by Crippen LogP contribution is -2.24. The van der Waals surface area contributed by atoms with E-state index in [0.29, 0.717) is 28.8 Å². The number of nitrogen functional groups attached to an aromatic ring is 1. The maximum Gasteiger partial charge on any atom is 0.423 e. The van der Waals surface area contributed by atoms with Gasteiger partial charge in [-0.25, -0.2) is 19.5 Å². The normalized spacial score (nSPS) is 11.3. The standard InChI is InChI=1S/C18H17ClFN3O2.C5H4F3N3O/c19-13-10-21-17(22-11-13)15-8-12-4-6-23(5-2-1-3-7-24)18(25)14(12)9-16(15)20;6-5(7,8)3-2(9)1-10-11-4(3)12/h4,6,8-11,24H,1-3,5,7H2;1H,(H3,9,11,12). The summed E-state index contributed by atoms with van der Waals surface area (Å²) in [5.41, 5.74) is 1.49. The number of aromatic nitrogens is 5. The molecule has 0 unspecified atom stereocenters. The zero-order chi connectivity index (χ0) is 27.2. The minimum Gasteiger partial charge on any atom is -0.397 e. The molecule has 0 spiro atoms. The summed E-state index contributed by atoms with van der Waals surface area (Å²) in [7, 11) is 0. The third kappa shape index (κ3) is 6.89. The van der Waals surface area contributed by atoms with E-state index in [1.165, 1.54) is 18.5 Å². The minimum absolute atomic E-state index is 0.146. The first-order valence-electron chi connectivity index (χ1n) is 10.8. The van der Waals surface area contributed by atoms with Crippen LogP contribution in [0.4, 0.5) is 23.2 Å². The molecule has 0 radical (unpaired) electrons. The summed E-state index contributed by atoms with van der Waals surface area (Å²) in [5, 5.41) is 14.9. The number of fused-ring (bicyclic) bond motifs is 1. The van der Waals surface area contributed by atoms with Gasteiger partial charge < -0.3 is 15.4 Å². The monoisotopic (exact) mass is 540 g/mol. The number of unbranched alkanes of at least 4 members (excludes halogenated alkanes) is 2. The van der Waals surface area contributed by atoms with Crippen molar-refractivity contribution < 1.29 is 22.7 Å². The summed E-state index contributed by atoms with van der Waals surface area (Å²) < 4.78 is 52.0. The molecule has 1 aromatic carbocycles. The lowest BCUT2D eigenvalue weighted by atomic mass is 10.1. The van der Waals surface area contributed by atoms with Crippen LogP contribution in [-0.2, 0) is 12.7 Å². The van der Waals surface area contributed by atoms with Gasteiger partial charge in [0.1, 0.15) is 11.4 Å². The van der Waals surface area contributed by atoms with E-state index in [1.54, 1.807) is 28.0 Å². The fourth-order valence-electron chi connectivity index (χ4n) is 3.38. The predicted octanol–water partition coefficient (Wildman–Crippen LogP) is 3.78. The highest BCUT2D eigenvalue weighted by Gasteiger charge is 2.36. The van der Waals surface area contributed by atoms with Crippen molar-refractivity contribution in [2.75, 3.05) is 12.3 Å². The second-order valence-electron chi connectivity index (χ2n) is 7.77. The molecule has 0 saturated carbocycles. The average Bonchev–Trinajstić information content (AvgIpc) is 2.83. The van der Waals surface area contributed by atoms with Gasteiger partial charge in [-0.2, -0.15) is 18.3 Å². The van der Waals surface area contributed by atoms with Crippen LogP contribution in [0.2, 0.25) is 5.02 Å². The van der Waals surface area contributed by atoms with Crippen LogP contribution in [0.15, 0.2) is 52.6 Å². The van der Waals surface area contributed by atoms with Crippen molar-refractivity contribution in [2.24, 2.45) is 0 Å². The number of alkyl halides is 3. The van der Waals surface area contributed by atoms with Crippen LogP contribution < -0.4 is 16.9 Å². The molecule has 0 amide bonds. The highest BCUT2D eigenvalue weighted by Crippen LogP contribution is 2.29. The number of aromatic amines is 1. The number of aryl methyl sites for hydroxylation is 1. The maximum atomic E-state index is 14.5. The second kappa shape index (κ2) is 11.9. The Morgan fingerprint density at radius 3 is 2.38 bits per heavy atom. The summed E-state index contributed by atoms with van der Waals surface area (Å²) in [6, 6.07) is 4.59. The molecule has 3 aromatic heterocycles. The average molecular weight is 541 g/mol. The van der Waals surface area contributed by atoms with E-state index < -0.39 is 28.8 Å². The van der Waals surface area contributed by atoms with Crippen LogP contribution in [0.25, 0.3) is 22.2 Å². The van der Waals surface area contributed by atoms with Gasteiger partial charge in [-0.15, -0.1) is 0 Å². The molecule has 0 aliphatic rings. The fourth-order valence-corrected chi connectivity index (χ4v) is 3.48. The molecule has 0 atom stereocenters. The van der Waals surface area contributed by atoms with Crippen LogP contribution in [0.5, 0.6) is 0 Å². The Bertz CT molecular complexity index is 1490. The smallest absolute Gasteiger partial charge is 0.397 e. The number of hydrogen-bond acceptors (Lipinski definition) is 7. The number of aliphatic hydroxyl groups excluding tert-OH is 1. The van der Waals surface area contributed by atoms with E-state index in [9.17, 15) is 27.2 Å². The van der Waals surface area contributed by atoms with E-state index in [1.807, 2.05) is 0 Å². The van der Waals surface area contributed by atoms with Crippen LogP contribution in [0, 0.1) is 5.82 Å². The van der Waals surface area contributed by atoms with E-state index in [0.717, 1.165) is 19.0 Å². The number of nitrogens with one attached hydrogen (secondary N) is 1. The van der Waals surface area contributed by atoms with Crippen LogP contribution in [-0.4, -0.2) is 36.4 Å². The number of nitrogens with zero attached hydrogens (tertiary/aromatic N) is 4. The van der Waals surface area contributed by atoms with E-state index >= 15 is 0 Å².